The number of benzene rings is 1. The average Bonchev–Trinajstić information content (AvgIpc) is 2.48. The third kappa shape index (κ3) is 5.82. The molecule has 0 N–H and O–H groups in total. The highest BCUT2D eigenvalue weighted by atomic mass is 19.1. The molecule has 0 aliphatic carbocycles. The van der Waals surface area contributed by atoms with Gasteiger partial charge in [-0.2, -0.15) is 0 Å². The highest BCUT2D eigenvalue weighted by molar-refractivity contribution is 5.76. The molecule has 0 saturated carbocycles. The Kier molecular flexibility index (Phi) is 5.99. The fraction of sp³-hybridized carbons (Fsp3) is 0.611. The maximum Gasteiger partial charge on any atom is 0.223 e. The Balaban J connectivity index is 1.69. The first-order valence-corrected chi connectivity index (χ1v) is 8.23. The van der Waals surface area contributed by atoms with Gasteiger partial charge in [-0.05, 0) is 17.5 Å². The van der Waals surface area contributed by atoms with Gasteiger partial charge in [0.1, 0.15) is 6.61 Å². The third-order valence-corrected chi connectivity index (χ3v) is 3.91. The van der Waals surface area contributed by atoms with Crippen molar-refractivity contribution in [3.8, 4) is 5.75 Å². The summed E-state index contributed by atoms with van der Waals surface area (Å²) in [5, 5.41) is 0. The molecule has 1 aromatic carbocycles. The second kappa shape index (κ2) is 7.77. The van der Waals surface area contributed by atoms with Gasteiger partial charge < -0.3 is 9.64 Å². The predicted octanol–water partition coefficient (Wildman–Crippen LogP) is 2.78. The first kappa shape index (κ1) is 17.7. The minimum atomic E-state index is -0.329. The molecule has 5 heteroatoms. The van der Waals surface area contributed by atoms with Crippen LogP contribution in [0.2, 0.25) is 0 Å². The summed E-state index contributed by atoms with van der Waals surface area (Å²) in [5.41, 5.74) is 0.0296. The van der Waals surface area contributed by atoms with Crippen molar-refractivity contribution >= 4 is 5.91 Å². The van der Waals surface area contributed by atoms with Crippen molar-refractivity contribution in [2.75, 3.05) is 39.3 Å². The standard InChI is InChI=1S/C18H27FN2O2/c1-18(2,3)14-17(22)21-10-8-20(9-11-21)12-13-23-16-7-5-4-6-15(16)19/h4-7H,8-14H2,1-3H3. The summed E-state index contributed by atoms with van der Waals surface area (Å²) in [7, 11) is 0. The smallest absolute Gasteiger partial charge is 0.223 e. The number of rotatable bonds is 5. The molecule has 2 rings (SSSR count). The quantitative estimate of drug-likeness (QED) is 0.836. The van der Waals surface area contributed by atoms with Crippen LogP contribution in [0.3, 0.4) is 0 Å². The van der Waals surface area contributed by atoms with E-state index in [4.69, 9.17) is 4.74 Å². The van der Waals surface area contributed by atoms with Crippen molar-refractivity contribution < 1.29 is 13.9 Å². The molecule has 1 fully saturated rings. The van der Waals surface area contributed by atoms with E-state index in [2.05, 4.69) is 25.7 Å². The number of piperazine rings is 1. The molecule has 1 aliphatic heterocycles. The fourth-order valence-corrected chi connectivity index (χ4v) is 2.63. The topological polar surface area (TPSA) is 32.8 Å². The van der Waals surface area contributed by atoms with Crippen LogP contribution in [0.4, 0.5) is 4.39 Å². The number of hydrogen-bond donors (Lipinski definition) is 0. The Labute approximate surface area is 138 Å². The number of nitrogens with zero attached hydrogens (tertiary/aromatic N) is 2. The summed E-state index contributed by atoms with van der Waals surface area (Å²) in [5.74, 6) is 0.205. The molecule has 23 heavy (non-hydrogen) atoms. The van der Waals surface area contributed by atoms with E-state index in [1.165, 1.54) is 6.07 Å². The highest BCUT2D eigenvalue weighted by Gasteiger charge is 2.24. The molecule has 1 saturated heterocycles. The molecule has 1 aliphatic rings. The zero-order valence-electron chi connectivity index (χ0n) is 14.3. The maximum atomic E-state index is 13.4. The van der Waals surface area contributed by atoms with Crippen LogP contribution in [-0.4, -0.2) is 55.0 Å². The lowest BCUT2D eigenvalue weighted by Gasteiger charge is -2.35. The average molecular weight is 322 g/mol. The monoisotopic (exact) mass is 322 g/mol. The molecule has 1 amide bonds. The van der Waals surface area contributed by atoms with E-state index < -0.39 is 0 Å². The number of halogens is 1. The molecule has 0 aromatic heterocycles. The predicted molar refractivity (Wildman–Crippen MR) is 89.0 cm³/mol. The third-order valence-electron chi connectivity index (χ3n) is 3.91. The van der Waals surface area contributed by atoms with Crippen molar-refractivity contribution in [1.29, 1.82) is 0 Å². The van der Waals surface area contributed by atoms with Crippen molar-refractivity contribution in [2.24, 2.45) is 5.41 Å². The number of carbonyl (C=O) groups is 1. The summed E-state index contributed by atoms with van der Waals surface area (Å²) in [6, 6.07) is 6.45. The van der Waals surface area contributed by atoms with Crippen LogP contribution in [0.25, 0.3) is 0 Å². The van der Waals surface area contributed by atoms with Gasteiger partial charge in [-0.25, -0.2) is 4.39 Å². The molecule has 1 heterocycles. The van der Waals surface area contributed by atoms with Crippen LogP contribution in [0.5, 0.6) is 5.75 Å². The van der Waals surface area contributed by atoms with Gasteiger partial charge in [0.2, 0.25) is 5.91 Å². The van der Waals surface area contributed by atoms with Crippen LogP contribution in [0.15, 0.2) is 24.3 Å². The Hall–Kier alpha value is -1.62. The van der Waals surface area contributed by atoms with Gasteiger partial charge in [-0.1, -0.05) is 32.9 Å². The first-order chi connectivity index (χ1) is 10.8. The van der Waals surface area contributed by atoms with E-state index in [0.29, 0.717) is 18.8 Å². The van der Waals surface area contributed by atoms with Gasteiger partial charge >= 0.3 is 0 Å². The lowest BCUT2D eigenvalue weighted by Crippen LogP contribution is -2.50. The zero-order chi connectivity index (χ0) is 16.9. The molecule has 0 bridgehead atoms. The number of hydrogen-bond acceptors (Lipinski definition) is 3. The van der Waals surface area contributed by atoms with Crippen LogP contribution in [0.1, 0.15) is 27.2 Å². The Morgan fingerprint density at radius 2 is 1.83 bits per heavy atom. The van der Waals surface area contributed by atoms with E-state index in [1.807, 2.05) is 4.90 Å². The van der Waals surface area contributed by atoms with Gasteiger partial charge in [-0.3, -0.25) is 9.69 Å². The van der Waals surface area contributed by atoms with Crippen LogP contribution >= 0.6 is 0 Å². The lowest BCUT2D eigenvalue weighted by atomic mass is 9.91. The van der Waals surface area contributed by atoms with Crippen molar-refractivity contribution in [3.05, 3.63) is 30.1 Å². The Bertz CT molecular complexity index is 520. The molecule has 0 radical (unpaired) electrons. The molecule has 1 aromatic rings. The van der Waals surface area contributed by atoms with E-state index in [0.717, 1.165) is 32.7 Å². The van der Waals surface area contributed by atoms with E-state index in [-0.39, 0.29) is 17.1 Å². The summed E-state index contributed by atoms with van der Waals surface area (Å²) in [4.78, 5) is 16.4. The van der Waals surface area contributed by atoms with Gasteiger partial charge in [0.05, 0.1) is 0 Å². The first-order valence-electron chi connectivity index (χ1n) is 8.23. The fourth-order valence-electron chi connectivity index (χ4n) is 2.63. The number of ether oxygens (including phenoxy) is 1. The minimum absolute atomic E-state index is 0.0296. The number of carbonyl (C=O) groups excluding carboxylic acids is 1. The molecule has 0 atom stereocenters. The minimum Gasteiger partial charge on any atom is -0.489 e. The zero-order valence-corrected chi connectivity index (χ0v) is 14.3. The van der Waals surface area contributed by atoms with E-state index in [9.17, 15) is 9.18 Å². The van der Waals surface area contributed by atoms with Gasteiger partial charge in [0.25, 0.3) is 0 Å². The molecular weight excluding hydrogens is 295 g/mol. The maximum absolute atomic E-state index is 13.4. The molecule has 4 nitrogen and oxygen atoms in total. The number of para-hydroxylation sites is 1. The second-order valence-electron chi connectivity index (χ2n) is 7.24. The van der Waals surface area contributed by atoms with Crippen molar-refractivity contribution in [1.82, 2.24) is 9.80 Å². The van der Waals surface area contributed by atoms with Gasteiger partial charge in [-0.15, -0.1) is 0 Å². The van der Waals surface area contributed by atoms with E-state index >= 15 is 0 Å². The summed E-state index contributed by atoms with van der Waals surface area (Å²) >= 11 is 0. The largest absolute Gasteiger partial charge is 0.489 e. The normalized spacial score (nSPS) is 16.4. The SMILES string of the molecule is CC(C)(C)CC(=O)N1CCN(CCOc2ccccc2F)CC1. The van der Waals surface area contributed by atoms with Gasteiger partial charge in [0.15, 0.2) is 11.6 Å². The number of amides is 1. The molecule has 0 unspecified atom stereocenters. The molecule has 0 spiro atoms. The van der Waals surface area contributed by atoms with Crippen LogP contribution < -0.4 is 4.74 Å². The van der Waals surface area contributed by atoms with Crippen LogP contribution in [-0.2, 0) is 4.79 Å². The molecule has 128 valence electrons. The summed E-state index contributed by atoms with van der Waals surface area (Å²) < 4.78 is 18.9. The van der Waals surface area contributed by atoms with Crippen molar-refractivity contribution in [3.63, 3.8) is 0 Å². The molecular formula is C18H27FN2O2. The van der Waals surface area contributed by atoms with Crippen LogP contribution in [0, 0.1) is 11.2 Å². The van der Waals surface area contributed by atoms with Gasteiger partial charge in [0, 0.05) is 39.1 Å². The Morgan fingerprint density at radius 1 is 1.17 bits per heavy atom. The highest BCUT2D eigenvalue weighted by Crippen LogP contribution is 2.20. The van der Waals surface area contributed by atoms with E-state index in [1.54, 1.807) is 18.2 Å². The lowest BCUT2D eigenvalue weighted by molar-refractivity contribution is -0.134. The second-order valence-corrected chi connectivity index (χ2v) is 7.24. The Morgan fingerprint density at radius 3 is 2.43 bits per heavy atom. The summed E-state index contributed by atoms with van der Waals surface area (Å²) in [6.45, 7) is 10.7. The summed E-state index contributed by atoms with van der Waals surface area (Å²) in [6.07, 6.45) is 0.587. The van der Waals surface area contributed by atoms with Crippen molar-refractivity contribution in [2.45, 2.75) is 27.2 Å².